The number of benzene rings is 2. The number of rotatable bonds is 4. The van der Waals surface area contributed by atoms with Crippen LogP contribution in [0.3, 0.4) is 0 Å². The number of halogens is 2. The molecule has 2 aromatic carbocycles. The number of hydrogen-bond acceptors (Lipinski definition) is 2. The Morgan fingerprint density at radius 1 is 1.00 bits per heavy atom. The molecule has 2 nitrogen and oxygen atoms in total. The van der Waals surface area contributed by atoms with E-state index in [1.807, 2.05) is 42.5 Å². The Kier molecular flexibility index (Phi) is 5.38. The highest BCUT2D eigenvalue weighted by atomic mass is 35.5. The van der Waals surface area contributed by atoms with E-state index in [-0.39, 0.29) is 11.3 Å². The van der Waals surface area contributed by atoms with Crippen LogP contribution in [-0.2, 0) is 11.2 Å². The summed E-state index contributed by atoms with van der Waals surface area (Å²) in [5, 5.41) is 1.18. The first-order valence-corrected chi connectivity index (χ1v) is 8.29. The Labute approximate surface area is 148 Å². The van der Waals surface area contributed by atoms with Gasteiger partial charge in [0, 0.05) is 17.6 Å². The van der Waals surface area contributed by atoms with E-state index < -0.39 is 0 Å². The Morgan fingerprint density at radius 2 is 1.57 bits per heavy atom. The average molecular weight is 350 g/mol. The van der Waals surface area contributed by atoms with Gasteiger partial charge in [0.15, 0.2) is 0 Å². The average Bonchev–Trinajstić information content (AvgIpc) is 2.42. The normalized spacial score (nSPS) is 11.4. The van der Waals surface area contributed by atoms with Crippen LogP contribution in [0.15, 0.2) is 42.5 Å². The lowest BCUT2D eigenvalue weighted by molar-refractivity contribution is -0.116. The molecule has 4 heteroatoms. The van der Waals surface area contributed by atoms with E-state index in [4.69, 9.17) is 23.2 Å². The number of ketones is 1. The molecular weight excluding hydrogens is 329 g/mol. The summed E-state index contributed by atoms with van der Waals surface area (Å²) in [7, 11) is 0. The summed E-state index contributed by atoms with van der Waals surface area (Å²) in [5.74, 6) is 0.122. The van der Waals surface area contributed by atoms with E-state index in [9.17, 15) is 4.79 Å². The molecular formula is C19H21Cl2NO. The van der Waals surface area contributed by atoms with Crippen molar-refractivity contribution in [3.63, 3.8) is 0 Å². The van der Waals surface area contributed by atoms with E-state index >= 15 is 0 Å². The van der Waals surface area contributed by atoms with Crippen LogP contribution in [0, 0.1) is 0 Å². The summed E-state index contributed by atoms with van der Waals surface area (Å²) in [6, 6.07) is 13.4. The van der Waals surface area contributed by atoms with Crippen LogP contribution in [-0.4, -0.2) is 11.3 Å². The predicted octanol–water partition coefficient (Wildman–Crippen LogP) is 6.06. The van der Waals surface area contributed by atoms with Gasteiger partial charge in [-0.3, -0.25) is 4.79 Å². The van der Waals surface area contributed by atoms with Crippen LogP contribution >= 0.6 is 23.2 Å². The van der Waals surface area contributed by atoms with Gasteiger partial charge in [-0.2, -0.15) is 0 Å². The predicted molar refractivity (Wildman–Crippen MR) is 99.2 cm³/mol. The van der Waals surface area contributed by atoms with Crippen molar-refractivity contribution in [2.45, 2.75) is 39.7 Å². The van der Waals surface area contributed by atoms with Gasteiger partial charge in [-0.05, 0) is 51.5 Å². The summed E-state index contributed by atoms with van der Waals surface area (Å²) in [5.41, 5.74) is 2.41. The summed E-state index contributed by atoms with van der Waals surface area (Å²) in [4.78, 5) is 13.7. The number of para-hydroxylation sites is 2. The minimum Gasteiger partial charge on any atom is -0.333 e. The van der Waals surface area contributed by atoms with Crippen molar-refractivity contribution in [3.8, 4) is 0 Å². The van der Waals surface area contributed by atoms with Crippen LogP contribution in [0.5, 0.6) is 0 Å². The maximum absolute atomic E-state index is 11.6. The van der Waals surface area contributed by atoms with Gasteiger partial charge < -0.3 is 4.90 Å². The van der Waals surface area contributed by atoms with Crippen molar-refractivity contribution < 1.29 is 4.79 Å². The highest BCUT2D eigenvalue weighted by Gasteiger charge is 2.28. The molecule has 0 saturated carbocycles. The van der Waals surface area contributed by atoms with Crippen LogP contribution in [0.4, 0.5) is 11.4 Å². The summed E-state index contributed by atoms with van der Waals surface area (Å²) >= 11 is 12.9. The zero-order valence-electron chi connectivity index (χ0n) is 13.9. The zero-order valence-corrected chi connectivity index (χ0v) is 15.4. The number of nitrogens with zero attached hydrogens (tertiary/aromatic N) is 1. The van der Waals surface area contributed by atoms with Gasteiger partial charge in [-0.25, -0.2) is 0 Å². The lowest BCUT2D eigenvalue weighted by Gasteiger charge is -2.40. The molecule has 122 valence electrons. The van der Waals surface area contributed by atoms with Crippen molar-refractivity contribution in [1.82, 2.24) is 0 Å². The molecule has 0 aliphatic heterocycles. The molecule has 0 heterocycles. The quantitative estimate of drug-likeness (QED) is 0.668. The van der Waals surface area contributed by atoms with Gasteiger partial charge in [-0.15, -0.1) is 0 Å². The number of carbonyl (C=O) groups is 1. The first-order chi connectivity index (χ1) is 10.7. The zero-order chi connectivity index (χ0) is 17.2. The molecule has 0 unspecified atom stereocenters. The summed E-state index contributed by atoms with van der Waals surface area (Å²) < 4.78 is 0. The maximum atomic E-state index is 11.6. The standard InChI is InChI=1S/C19H21Cl2NO/c1-13(23)12-14-8-5-6-11-17(14)22(19(2,3)4)18-15(20)9-7-10-16(18)21/h5-11H,12H2,1-4H3. The van der Waals surface area contributed by atoms with Gasteiger partial charge in [0.1, 0.15) is 5.78 Å². The van der Waals surface area contributed by atoms with Gasteiger partial charge >= 0.3 is 0 Å². The van der Waals surface area contributed by atoms with Crippen molar-refractivity contribution >= 4 is 40.4 Å². The van der Waals surface area contributed by atoms with Crippen LogP contribution in [0.2, 0.25) is 10.0 Å². The van der Waals surface area contributed by atoms with Crippen LogP contribution < -0.4 is 4.90 Å². The van der Waals surface area contributed by atoms with Crippen molar-refractivity contribution in [2.75, 3.05) is 4.90 Å². The smallest absolute Gasteiger partial charge is 0.134 e. The van der Waals surface area contributed by atoms with E-state index in [1.54, 1.807) is 6.92 Å². The van der Waals surface area contributed by atoms with Gasteiger partial charge in [-0.1, -0.05) is 47.5 Å². The summed E-state index contributed by atoms with van der Waals surface area (Å²) in [6.45, 7) is 7.88. The van der Waals surface area contributed by atoms with Gasteiger partial charge in [0.2, 0.25) is 0 Å². The molecule has 23 heavy (non-hydrogen) atoms. The number of hydrogen-bond donors (Lipinski definition) is 0. The Balaban J connectivity index is 2.69. The Hall–Kier alpha value is -1.51. The highest BCUT2D eigenvalue weighted by Crippen LogP contribution is 2.43. The Morgan fingerprint density at radius 3 is 2.09 bits per heavy atom. The lowest BCUT2D eigenvalue weighted by atomic mass is 9.99. The Bertz CT molecular complexity index is 699. The second-order valence-corrected chi connectivity index (χ2v) is 7.40. The molecule has 0 aromatic heterocycles. The molecule has 0 atom stereocenters. The second-order valence-electron chi connectivity index (χ2n) is 6.58. The third-order valence-corrected chi connectivity index (χ3v) is 4.11. The van der Waals surface area contributed by atoms with Gasteiger partial charge in [0.25, 0.3) is 0 Å². The molecule has 0 spiro atoms. The fourth-order valence-corrected chi connectivity index (χ4v) is 3.23. The monoisotopic (exact) mass is 349 g/mol. The van der Waals surface area contributed by atoms with Gasteiger partial charge in [0.05, 0.1) is 15.7 Å². The third kappa shape index (κ3) is 4.07. The van der Waals surface area contributed by atoms with Crippen LogP contribution in [0.1, 0.15) is 33.3 Å². The second kappa shape index (κ2) is 6.94. The molecule has 0 N–H and O–H groups in total. The lowest BCUT2D eigenvalue weighted by Crippen LogP contribution is -2.38. The SMILES string of the molecule is CC(=O)Cc1ccccc1N(c1c(Cl)cccc1Cl)C(C)(C)C. The van der Waals surface area contributed by atoms with Crippen molar-refractivity contribution in [3.05, 3.63) is 58.1 Å². The minimum atomic E-state index is -0.262. The van der Waals surface area contributed by atoms with E-state index in [0.29, 0.717) is 16.5 Å². The summed E-state index contributed by atoms with van der Waals surface area (Å²) in [6.07, 6.45) is 0.380. The number of Topliss-reactive ketones (excluding diaryl/α,β-unsaturated/α-hetero) is 1. The molecule has 0 aliphatic carbocycles. The molecule has 0 radical (unpaired) electrons. The first-order valence-electron chi connectivity index (χ1n) is 7.53. The number of anilines is 2. The van der Waals surface area contributed by atoms with E-state index in [2.05, 4.69) is 25.7 Å². The molecule has 0 bridgehead atoms. The first kappa shape index (κ1) is 17.8. The topological polar surface area (TPSA) is 20.3 Å². The fourth-order valence-electron chi connectivity index (χ4n) is 2.67. The largest absolute Gasteiger partial charge is 0.333 e. The maximum Gasteiger partial charge on any atom is 0.134 e. The van der Waals surface area contributed by atoms with Crippen LogP contribution in [0.25, 0.3) is 0 Å². The fraction of sp³-hybridized carbons (Fsp3) is 0.316. The molecule has 0 saturated heterocycles. The molecule has 0 aliphatic rings. The highest BCUT2D eigenvalue weighted by molar-refractivity contribution is 6.39. The molecule has 0 amide bonds. The molecule has 2 aromatic rings. The number of carbonyl (C=O) groups excluding carboxylic acids is 1. The van der Waals surface area contributed by atoms with E-state index in [1.165, 1.54) is 0 Å². The molecule has 2 rings (SSSR count). The van der Waals surface area contributed by atoms with E-state index in [0.717, 1.165) is 16.9 Å². The minimum absolute atomic E-state index is 0.122. The van der Waals surface area contributed by atoms with Crippen molar-refractivity contribution in [2.24, 2.45) is 0 Å². The molecule has 0 fully saturated rings. The van der Waals surface area contributed by atoms with Crippen molar-refractivity contribution in [1.29, 1.82) is 0 Å². The third-order valence-electron chi connectivity index (χ3n) is 3.50.